The Kier molecular flexibility index (Phi) is 2.55. The highest BCUT2D eigenvalue weighted by molar-refractivity contribution is 4.86. The van der Waals surface area contributed by atoms with Gasteiger partial charge in [0.2, 0.25) is 0 Å². The van der Waals surface area contributed by atoms with Crippen molar-refractivity contribution in [2.75, 3.05) is 13.1 Å². The van der Waals surface area contributed by atoms with Crippen LogP contribution in [0, 0.1) is 5.92 Å². The molecule has 0 aromatic rings. The van der Waals surface area contributed by atoms with Crippen LogP contribution in [0.15, 0.2) is 0 Å². The average Bonchev–Trinajstić information content (AvgIpc) is 1.86. The molecule has 1 aliphatic rings. The van der Waals surface area contributed by atoms with Gasteiger partial charge in [0, 0.05) is 13.1 Å². The van der Waals surface area contributed by atoms with Crippen molar-refractivity contribution in [2.24, 2.45) is 5.92 Å². The van der Waals surface area contributed by atoms with Gasteiger partial charge >= 0.3 is 0 Å². The number of rotatable bonds is 1. The first-order chi connectivity index (χ1) is 5.04. The molecule has 11 heavy (non-hydrogen) atoms. The monoisotopic (exact) mass is 157 g/mol. The fourth-order valence-corrected chi connectivity index (χ4v) is 1.41. The molecule has 1 fully saturated rings. The maximum absolute atomic E-state index is 5.87. The molecule has 1 N–H and O–H groups in total. The molecule has 0 aliphatic carbocycles. The van der Waals surface area contributed by atoms with Gasteiger partial charge in [0.1, 0.15) is 0 Å². The minimum Gasteiger partial charge on any atom is -0.369 e. The summed E-state index contributed by atoms with van der Waals surface area (Å²) in [6.45, 7) is 10.7. The second-order valence-corrected chi connectivity index (χ2v) is 4.03. The van der Waals surface area contributed by atoms with Crippen molar-refractivity contribution in [2.45, 2.75) is 39.4 Å². The smallest absolute Gasteiger partial charge is 0.0805 e. The van der Waals surface area contributed by atoms with E-state index in [9.17, 15) is 0 Å². The minimum absolute atomic E-state index is 0.0394. The van der Waals surface area contributed by atoms with E-state index in [1.165, 1.54) is 0 Å². The molecule has 1 heterocycles. The van der Waals surface area contributed by atoms with Crippen LogP contribution >= 0.6 is 0 Å². The summed E-state index contributed by atoms with van der Waals surface area (Å²) in [6, 6.07) is 0. The van der Waals surface area contributed by atoms with Crippen molar-refractivity contribution in [3.05, 3.63) is 0 Å². The molecular formula is C9H19NO. The van der Waals surface area contributed by atoms with Gasteiger partial charge in [-0.25, -0.2) is 0 Å². The van der Waals surface area contributed by atoms with E-state index in [0.717, 1.165) is 13.1 Å². The lowest BCUT2D eigenvalue weighted by Crippen LogP contribution is -2.54. The number of morpholine rings is 1. The maximum atomic E-state index is 5.87. The van der Waals surface area contributed by atoms with Crippen LogP contribution in [0.25, 0.3) is 0 Å². The summed E-state index contributed by atoms with van der Waals surface area (Å²) in [5.41, 5.74) is 0.0394. The third-order valence-corrected chi connectivity index (χ3v) is 2.60. The third kappa shape index (κ3) is 1.94. The summed E-state index contributed by atoms with van der Waals surface area (Å²) in [5.74, 6) is 0.581. The summed E-state index contributed by atoms with van der Waals surface area (Å²) in [6.07, 6.45) is 0.358. The van der Waals surface area contributed by atoms with Gasteiger partial charge in [-0.1, -0.05) is 13.8 Å². The zero-order valence-electron chi connectivity index (χ0n) is 7.98. The molecule has 66 valence electrons. The van der Waals surface area contributed by atoms with Gasteiger partial charge in [0.05, 0.1) is 11.7 Å². The third-order valence-electron chi connectivity index (χ3n) is 2.60. The molecule has 0 spiro atoms. The number of hydrogen-bond acceptors (Lipinski definition) is 2. The Morgan fingerprint density at radius 2 is 2.18 bits per heavy atom. The van der Waals surface area contributed by atoms with Gasteiger partial charge in [-0.05, 0) is 19.8 Å². The largest absolute Gasteiger partial charge is 0.369 e. The van der Waals surface area contributed by atoms with Crippen LogP contribution in [0.5, 0.6) is 0 Å². The molecule has 0 amide bonds. The van der Waals surface area contributed by atoms with E-state index in [0.29, 0.717) is 12.0 Å². The van der Waals surface area contributed by atoms with Crippen molar-refractivity contribution in [1.29, 1.82) is 0 Å². The second-order valence-electron chi connectivity index (χ2n) is 4.03. The Bertz CT molecular complexity index is 136. The van der Waals surface area contributed by atoms with Gasteiger partial charge in [-0.3, -0.25) is 0 Å². The SMILES string of the molecule is CC1CNCC(C)(C(C)C)O1. The molecule has 0 bridgehead atoms. The normalized spacial score (nSPS) is 39.5. The lowest BCUT2D eigenvalue weighted by Gasteiger charge is -2.41. The van der Waals surface area contributed by atoms with E-state index in [2.05, 4.69) is 33.0 Å². The zero-order chi connectivity index (χ0) is 8.48. The van der Waals surface area contributed by atoms with Crippen LogP contribution < -0.4 is 5.32 Å². The van der Waals surface area contributed by atoms with Gasteiger partial charge in [-0.15, -0.1) is 0 Å². The quantitative estimate of drug-likeness (QED) is 0.621. The van der Waals surface area contributed by atoms with Crippen LogP contribution in [0.1, 0.15) is 27.7 Å². The zero-order valence-corrected chi connectivity index (χ0v) is 7.98. The molecule has 2 unspecified atom stereocenters. The second kappa shape index (κ2) is 3.11. The van der Waals surface area contributed by atoms with E-state index in [1.54, 1.807) is 0 Å². The summed E-state index contributed by atoms with van der Waals surface area (Å²) < 4.78 is 5.87. The average molecular weight is 157 g/mol. The number of ether oxygens (including phenoxy) is 1. The molecule has 0 radical (unpaired) electrons. The molecular weight excluding hydrogens is 138 g/mol. The van der Waals surface area contributed by atoms with E-state index < -0.39 is 0 Å². The minimum atomic E-state index is 0.0394. The summed E-state index contributed by atoms with van der Waals surface area (Å²) in [5, 5.41) is 3.38. The molecule has 0 saturated carbocycles. The maximum Gasteiger partial charge on any atom is 0.0805 e. The standard InChI is InChI=1S/C9H19NO/c1-7(2)9(4)6-10-5-8(3)11-9/h7-8,10H,5-6H2,1-4H3. The molecule has 0 aromatic heterocycles. The topological polar surface area (TPSA) is 21.3 Å². The van der Waals surface area contributed by atoms with E-state index in [4.69, 9.17) is 4.74 Å². The van der Waals surface area contributed by atoms with Crippen LogP contribution in [0.2, 0.25) is 0 Å². The van der Waals surface area contributed by atoms with Crippen LogP contribution in [-0.4, -0.2) is 24.8 Å². The molecule has 1 rings (SSSR count). The molecule has 2 atom stereocenters. The van der Waals surface area contributed by atoms with Gasteiger partial charge in [-0.2, -0.15) is 0 Å². The molecule has 2 heteroatoms. The fourth-order valence-electron chi connectivity index (χ4n) is 1.41. The highest BCUT2D eigenvalue weighted by Crippen LogP contribution is 2.24. The molecule has 0 aromatic carbocycles. The Labute approximate surface area is 69.3 Å². The van der Waals surface area contributed by atoms with E-state index in [-0.39, 0.29) is 5.60 Å². The first-order valence-corrected chi connectivity index (χ1v) is 4.43. The van der Waals surface area contributed by atoms with Gasteiger partial charge in [0.15, 0.2) is 0 Å². The molecule has 1 saturated heterocycles. The van der Waals surface area contributed by atoms with Gasteiger partial charge < -0.3 is 10.1 Å². The van der Waals surface area contributed by atoms with Gasteiger partial charge in [0.25, 0.3) is 0 Å². The first kappa shape index (κ1) is 9.01. The Morgan fingerprint density at radius 1 is 1.55 bits per heavy atom. The van der Waals surface area contributed by atoms with E-state index >= 15 is 0 Å². The van der Waals surface area contributed by atoms with Crippen molar-refractivity contribution in [1.82, 2.24) is 5.32 Å². The van der Waals surface area contributed by atoms with E-state index in [1.807, 2.05) is 0 Å². The predicted octanol–water partition coefficient (Wildman–Crippen LogP) is 1.41. The van der Waals surface area contributed by atoms with Crippen LogP contribution in [0.3, 0.4) is 0 Å². The number of nitrogens with one attached hydrogen (secondary N) is 1. The first-order valence-electron chi connectivity index (χ1n) is 4.43. The summed E-state index contributed by atoms with van der Waals surface area (Å²) in [4.78, 5) is 0. The highest BCUT2D eigenvalue weighted by Gasteiger charge is 2.33. The Morgan fingerprint density at radius 3 is 2.55 bits per heavy atom. The lowest BCUT2D eigenvalue weighted by molar-refractivity contribution is -0.122. The Balaban J connectivity index is 2.55. The fraction of sp³-hybridized carbons (Fsp3) is 1.00. The van der Waals surface area contributed by atoms with Crippen LogP contribution in [-0.2, 0) is 4.74 Å². The van der Waals surface area contributed by atoms with Crippen molar-refractivity contribution in [3.8, 4) is 0 Å². The lowest BCUT2D eigenvalue weighted by atomic mass is 9.90. The predicted molar refractivity (Wildman–Crippen MR) is 46.7 cm³/mol. The summed E-state index contributed by atoms with van der Waals surface area (Å²) >= 11 is 0. The van der Waals surface area contributed by atoms with Crippen molar-refractivity contribution < 1.29 is 4.74 Å². The van der Waals surface area contributed by atoms with Crippen molar-refractivity contribution >= 4 is 0 Å². The summed E-state index contributed by atoms with van der Waals surface area (Å²) in [7, 11) is 0. The number of hydrogen-bond donors (Lipinski definition) is 1. The highest BCUT2D eigenvalue weighted by atomic mass is 16.5. The molecule has 2 nitrogen and oxygen atoms in total. The Hall–Kier alpha value is -0.0800. The van der Waals surface area contributed by atoms with Crippen LogP contribution in [0.4, 0.5) is 0 Å². The molecule has 1 aliphatic heterocycles. The van der Waals surface area contributed by atoms with Crippen molar-refractivity contribution in [3.63, 3.8) is 0 Å².